The second-order valence-corrected chi connectivity index (χ2v) is 6.71. The Hall–Kier alpha value is -0.0800. The van der Waals surface area contributed by atoms with Gasteiger partial charge in [-0.2, -0.15) is 0 Å². The van der Waals surface area contributed by atoms with Gasteiger partial charge in [0, 0.05) is 6.04 Å². The second-order valence-electron chi connectivity index (χ2n) is 6.71. The van der Waals surface area contributed by atoms with Gasteiger partial charge in [0.2, 0.25) is 0 Å². The summed E-state index contributed by atoms with van der Waals surface area (Å²) in [7, 11) is 0. The van der Waals surface area contributed by atoms with E-state index in [-0.39, 0.29) is 0 Å². The zero-order chi connectivity index (χ0) is 12.8. The summed E-state index contributed by atoms with van der Waals surface area (Å²) in [6.45, 7) is 10.0. The van der Waals surface area contributed by atoms with Gasteiger partial charge in [-0.1, -0.05) is 20.3 Å². The predicted octanol–water partition coefficient (Wildman–Crippen LogP) is 3.28. The number of rotatable bonds is 4. The first-order chi connectivity index (χ1) is 8.75. The SMILES string of the molecule is CC(C)C1CCCN(CCC2CCCCN2)CC1. The van der Waals surface area contributed by atoms with Crippen molar-refractivity contribution >= 4 is 0 Å². The van der Waals surface area contributed by atoms with E-state index >= 15 is 0 Å². The summed E-state index contributed by atoms with van der Waals surface area (Å²) in [4.78, 5) is 2.72. The zero-order valence-electron chi connectivity index (χ0n) is 12.5. The maximum atomic E-state index is 3.67. The lowest BCUT2D eigenvalue weighted by molar-refractivity contribution is 0.247. The lowest BCUT2D eigenvalue weighted by atomic mass is 9.89. The molecule has 1 N–H and O–H groups in total. The molecule has 0 aliphatic carbocycles. The summed E-state index contributed by atoms with van der Waals surface area (Å²) < 4.78 is 0. The highest BCUT2D eigenvalue weighted by Crippen LogP contribution is 2.24. The molecule has 0 aromatic carbocycles. The molecule has 0 amide bonds. The van der Waals surface area contributed by atoms with Crippen LogP contribution >= 0.6 is 0 Å². The number of nitrogens with zero attached hydrogens (tertiary/aromatic N) is 1. The molecule has 2 nitrogen and oxygen atoms in total. The Morgan fingerprint density at radius 2 is 1.94 bits per heavy atom. The van der Waals surface area contributed by atoms with Crippen molar-refractivity contribution in [1.29, 1.82) is 0 Å². The first kappa shape index (κ1) is 14.3. The molecular formula is C16H32N2. The van der Waals surface area contributed by atoms with Crippen molar-refractivity contribution in [1.82, 2.24) is 10.2 Å². The van der Waals surface area contributed by atoms with Gasteiger partial charge in [0.1, 0.15) is 0 Å². The smallest absolute Gasteiger partial charge is 0.00792 e. The van der Waals surface area contributed by atoms with Gasteiger partial charge in [-0.05, 0) is 76.5 Å². The molecule has 2 atom stereocenters. The van der Waals surface area contributed by atoms with E-state index in [4.69, 9.17) is 0 Å². The van der Waals surface area contributed by atoms with Crippen LogP contribution < -0.4 is 5.32 Å². The van der Waals surface area contributed by atoms with Gasteiger partial charge < -0.3 is 10.2 Å². The fourth-order valence-electron chi connectivity index (χ4n) is 3.58. The molecule has 2 aliphatic heterocycles. The largest absolute Gasteiger partial charge is 0.314 e. The van der Waals surface area contributed by atoms with Gasteiger partial charge in [-0.15, -0.1) is 0 Å². The Kier molecular flexibility index (Phi) is 5.97. The topological polar surface area (TPSA) is 15.3 Å². The van der Waals surface area contributed by atoms with Gasteiger partial charge in [0.25, 0.3) is 0 Å². The van der Waals surface area contributed by atoms with E-state index in [1.54, 1.807) is 0 Å². The number of piperidine rings is 1. The van der Waals surface area contributed by atoms with Gasteiger partial charge in [0.15, 0.2) is 0 Å². The quantitative estimate of drug-likeness (QED) is 0.826. The minimum atomic E-state index is 0.808. The third-order valence-electron chi connectivity index (χ3n) is 5.01. The molecule has 0 aromatic heterocycles. The van der Waals surface area contributed by atoms with E-state index in [9.17, 15) is 0 Å². The molecule has 2 rings (SSSR count). The van der Waals surface area contributed by atoms with Crippen LogP contribution in [0.1, 0.15) is 58.8 Å². The monoisotopic (exact) mass is 252 g/mol. The van der Waals surface area contributed by atoms with Gasteiger partial charge in [-0.3, -0.25) is 0 Å². The summed E-state index contributed by atoms with van der Waals surface area (Å²) in [5.74, 6) is 1.85. The van der Waals surface area contributed by atoms with Crippen LogP contribution in [0.4, 0.5) is 0 Å². The molecule has 0 radical (unpaired) electrons. The predicted molar refractivity (Wildman–Crippen MR) is 78.9 cm³/mol. The Morgan fingerprint density at radius 1 is 1.06 bits per heavy atom. The Labute approximate surface area is 114 Å². The number of hydrogen-bond acceptors (Lipinski definition) is 2. The summed E-state index contributed by atoms with van der Waals surface area (Å²) in [6.07, 6.45) is 9.89. The summed E-state index contributed by atoms with van der Waals surface area (Å²) in [5.41, 5.74) is 0. The average Bonchev–Trinajstić information content (AvgIpc) is 2.63. The molecule has 2 saturated heterocycles. The van der Waals surface area contributed by atoms with Crippen molar-refractivity contribution < 1.29 is 0 Å². The molecule has 2 heterocycles. The van der Waals surface area contributed by atoms with Crippen molar-refractivity contribution in [3.8, 4) is 0 Å². The first-order valence-electron chi connectivity index (χ1n) is 8.21. The van der Waals surface area contributed by atoms with Crippen LogP contribution in [0.3, 0.4) is 0 Å². The van der Waals surface area contributed by atoms with Crippen LogP contribution in [-0.2, 0) is 0 Å². The maximum Gasteiger partial charge on any atom is 0.00792 e. The summed E-state index contributed by atoms with van der Waals surface area (Å²) >= 11 is 0. The molecule has 0 saturated carbocycles. The second kappa shape index (κ2) is 7.49. The standard InChI is InChI=1S/C16H32N2/c1-14(2)15-6-5-11-18(12-8-15)13-9-16-7-3-4-10-17-16/h14-17H,3-13H2,1-2H3. The van der Waals surface area contributed by atoms with Gasteiger partial charge in [0.05, 0.1) is 0 Å². The zero-order valence-corrected chi connectivity index (χ0v) is 12.5. The van der Waals surface area contributed by atoms with Crippen LogP contribution in [0.5, 0.6) is 0 Å². The van der Waals surface area contributed by atoms with Crippen LogP contribution in [0.15, 0.2) is 0 Å². The number of nitrogens with one attached hydrogen (secondary N) is 1. The maximum absolute atomic E-state index is 3.67. The van der Waals surface area contributed by atoms with Gasteiger partial charge in [-0.25, -0.2) is 0 Å². The fraction of sp³-hybridized carbons (Fsp3) is 1.00. The molecular weight excluding hydrogens is 220 g/mol. The van der Waals surface area contributed by atoms with E-state index in [0.29, 0.717) is 0 Å². The van der Waals surface area contributed by atoms with Crippen LogP contribution in [0, 0.1) is 11.8 Å². The molecule has 0 bridgehead atoms. The van der Waals surface area contributed by atoms with Crippen LogP contribution in [0.2, 0.25) is 0 Å². The molecule has 2 fully saturated rings. The number of hydrogen-bond donors (Lipinski definition) is 1. The lowest BCUT2D eigenvalue weighted by Crippen LogP contribution is -2.37. The third-order valence-corrected chi connectivity index (χ3v) is 5.01. The Bertz CT molecular complexity index is 221. The van der Waals surface area contributed by atoms with E-state index in [1.165, 1.54) is 71.1 Å². The number of likely N-dealkylation sites (tertiary alicyclic amines) is 1. The molecule has 18 heavy (non-hydrogen) atoms. The molecule has 2 unspecified atom stereocenters. The molecule has 2 aliphatic rings. The Balaban J connectivity index is 1.66. The van der Waals surface area contributed by atoms with Crippen LogP contribution in [-0.4, -0.2) is 37.1 Å². The fourth-order valence-corrected chi connectivity index (χ4v) is 3.58. The van der Waals surface area contributed by atoms with E-state index < -0.39 is 0 Å². The highest BCUT2D eigenvalue weighted by Gasteiger charge is 2.20. The summed E-state index contributed by atoms with van der Waals surface area (Å²) in [5, 5.41) is 3.67. The minimum Gasteiger partial charge on any atom is -0.314 e. The van der Waals surface area contributed by atoms with Gasteiger partial charge >= 0.3 is 0 Å². The van der Waals surface area contributed by atoms with Crippen molar-refractivity contribution in [2.45, 2.75) is 64.8 Å². The van der Waals surface area contributed by atoms with Crippen molar-refractivity contribution in [2.75, 3.05) is 26.2 Å². The van der Waals surface area contributed by atoms with E-state index in [1.807, 2.05) is 0 Å². The van der Waals surface area contributed by atoms with Crippen LogP contribution in [0.25, 0.3) is 0 Å². The lowest BCUT2D eigenvalue weighted by Gasteiger charge is -2.27. The Morgan fingerprint density at radius 3 is 2.67 bits per heavy atom. The van der Waals surface area contributed by atoms with Crippen molar-refractivity contribution in [3.05, 3.63) is 0 Å². The molecule has 2 heteroatoms. The van der Waals surface area contributed by atoms with E-state index in [2.05, 4.69) is 24.1 Å². The minimum absolute atomic E-state index is 0.808. The molecule has 0 spiro atoms. The molecule has 0 aromatic rings. The van der Waals surface area contributed by atoms with E-state index in [0.717, 1.165) is 17.9 Å². The van der Waals surface area contributed by atoms with Crippen molar-refractivity contribution in [2.24, 2.45) is 11.8 Å². The summed E-state index contributed by atoms with van der Waals surface area (Å²) in [6, 6.07) is 0.808. The highest BCUT2D eigenvalue weighted by molar-refractivity contribution is 4.76. The average molecular weight is 252 g/mol. The molecule has 106 valence electrons. The van der Waals surface area contributed by atoms with Crippen molar-refractivity contribution in [3.63, 3.8) is 0 Å². The highest BCUT2D eigenvalue weighted by atomic mass is 15.1. The normalized spacial score (nSPS) is 31.5. The first-order valence-corrected chi connectivity index (χ1v) is 8.21. The third kappa shape index (κ3) is 4.55.